The van der Waals surface area contributed by atoms with E-state index in [2.05, 4.69) is 5.32 Å². The number of aryl methyl sites for hydroxylation is 1. The number of hydrogen-bond donors (Lipinski definition) is 2. The molecule has 2 saturated heterocycles. The van der Waals surface area contributed by atoms with Crippen LogP contribution in [-0.2, 0) is 15.1 Å². The van der Waals surface area contributed by atoms with E-state index in [1.807, 2.05) is 30.3 Å². The summed E-state index contributed by atoms with van der Waals surface area (Å²) < 4.78 is 5.86. The molecular weight excluding hydrogens is 344 g/mol. The zero-order chi connectivity index (χ0) is 19.0. The van der Waals surface area contributed by atoms with Gasteiger partial charge in [0.25, 0.3) is 5.91 Å². The minimum absolute atomic E-state index is 0.00734. The van der Waals surface area contributed by atoms with Crippen molar-refractivity contribution in [3.63, 3.8) is 0 Å². The van der Waals surface area contributed by atoms with Gasteiger partial charge in [0.2, 0.25) is 5.91 Å². The van der Waals surface area contributed by atoms with Crippen molar-refractivity contribution < 1.29 is 19.4 Å². The summed E-state index contributed by atoms with van der Waals surface area (Å²) in [4.78, 5) is 26.7. The number of nitrogens with one attached hydrogen (secondary N) is 1. The lowest BCUT2D eigenvalue weighted by Crippen LogP contribution is -2.67. The van der Waals surface area contributed by atoms with Crippen LogP contribution >= 0.6 is 0 Å². The Hall–Kier alpha value is -2.86. The fraction of sp³-hybridized carbons (Fsp3) is 0.333. The highest BCUT2D eigenvalue weighted by Gasteiger charge is 2.49. The maximum Gasteiger partial charge on any atom is 0.254 e. The molecule has 0 spiro atoms. The van der Waals surface area contributed by atoms with Gasteiger partial charge in [-0.1, -0.05) is 36.4 Å². The first-order chi connectivity index (χ1) is 13.0. The summed E-state index contributed by atoms with van der Waals surface area (Å²) in [5.41, 5.74) is 1.54. The smallest absolute Gasteiger partial charge is 0.254 e. The largest absolute Gasteiger partial charge is 0.508 e. The van der Waals surface area contributed by atoms with E-state index in [1.54, 1.807) is 24.0 Å². The second-order valence-electron chi connectivity index (χ2n) is 7.19. The molecule has 2 aromatic carbocycles. The number of fused-ring (bicyclic) bond motifs is 1. The minimum Gasteiger partial charge on any atom is -0.508 e. The lowest BCUT2D eigenvalue weighted by atomic mass is 9.77. The number of piperidine rings is 1. The maximum absolute atomic E-state index is 12.9. The summed E-state index contributed by atoms with van der Waals surface area (Å²) in [5.74, 6) is -0.177. The van der Waals surface area contributed by atoms with Crippen molar-refractivity contribution in [2.45, 2.75) is 25.0 Å². The molecule has 2 aliphatic heterocycles. The van der Waals surface area contributed by atoms with Crippen molar-refractivity contribution >= 4 is 11.8 Å². The predicted octanol–water partition coefficient (Wildman–Crippen LogP) is 1.96. The molecule has 0 bridgehead atoms. The highest BCUT2D eigenvalue weighted by atomic mass is 16.5. The van der Waals surface area contributed by atoms with Crippen molar-refractivity contribution in [1.82, 2.24) is 10.2 Å². The Morgan fingerprint density at radius 3 is 2.78 bits per heavy atom. The number of phenols is 1. The number of carbonyl (C=O) groups is 2. The van der Waals surface area contributed by atoms with Gasteiger partial charge in [-0.15, -0.1) is 0 Å². The first-order valence-electron chi connectivity index (χ1n) is 9.07. The predicted molar refractivity (Wildman–Crippen MR) is 99.4 cm³/mol. The van der Waals surface area contributed by atoms with E-state index in [4.69, 9.17) is 4.74 Å². The molecule has 2 N–H and O–H groups in total. The Morgan fingerprint density at radius 1 is 1.26 bits per heavy atom. The summed E-state index contributed by atoms with van der Waals surface area (Å²) in [6.45, 7) is 2.65. The van der Waals surface area contributed by atoms with Crippen LogP contribution in [0.2, 0.25) is 0 Å². The van der Waals surface area contributed by atoms with E-state index >= 15 is 0 Å². The van der Waals surface area contributed by atoms with Gasteiger partial charge in [0.15, 0.2) is 0 Å². The number of hydrogen-bond acceptors (Lipinski definition) is 4. The number of phenolic OH excluding ortho intramolecular Hbond substituents is 1. The molecule has 27 heavy (non-hydrogen) atoms. The third-order valence-corrected chi connectivity index (χ3v) is 5.52. The van der Waals surface area contributed by atoms with Gasteiger partial charge in [0.1, 0.15) is 18.5 Å². The van der Waals surface area contributed by atoms with Gasteiger partial charge in [0.05, 0.1) is 5.54 Å². The number of benzene rings is 2. The molecule has 2 atom stereocenters. The molecule has 0 aromatic heterocycles. The van der Waals surface area contributed by atoms with E-state index in [0.29, 0.717) is 25.1 Å². The lowest BCUT2D eigenvalue weighted by molar-refractivity contribution is -0.150. The number of rotatable bonds is 2. The van der Waals surface area contributed by atoms with Gasteiger partial charge in [-0.2, -0.15) is 0 Å². The average Bonchev–Trinajstić information content (AvgIpc) is 2.69. The van der Waals surface area contributed by atoms with E-state index < -0.39 is 5.54 Å². The molecule has 0 unspecified atom stereocenters. The third kappa shape index (κ3) is 3.06. The molecule has 0 saturated carbocycles. The topological polar surface area (TPSA) is 78.9 Å². The average molecular weight is 366 g/mol. The summed E-state index contributed by atoms with van der Waals surface area (Å²) >= 11 is 0. The summed E-state index contributed by atoms with van der Waals surface area (Å²) in [6.07, 6.45) is 0.242. The second kappa shape index (κ2) is 6.70. The third-order valence-electron chi connectivity index (χ3n) is 5.52. The summed E-state index contributed by atoms with van der Waals surface area (Å²) in [5, 5.41) is 13.0. The van der Waals surface area contributed by atoms with Crippen LogP contribution in [0.3, 0.4) is 0 Å². The minimum atomic E-state index is -0.622. The molecular formula is C21H22N2O4. The normalized spacial score (nSPS) is 24.9. The van der Waals surface area contributed by atoms with Crippen molar-refractivity contribution in [3.8, 4) is 5.75 Å². The Labute approximate surface area is 157 Å². The van der Waals surface area contributed by atoms with Gasteiger partial charge >= 0.3 is 0 Å². The molecule has 2 amide bonds. The fourth-order valence-corrected chi connectivity index (χ4v) is 3.97. The fourth-order valence-electron chi connectivity index (χ4n) is 3.97. The molecule has 2 heterocycles. The number of carbonyl (C=O) groups excluding carboxylic acids is 2. The first kappa shape index (κ1) is 17.5. The molecule has 0 aliphatic carbocycles. The van der Waals surface area contributed by atoms with Crippen LogP contribution in [0.25, 0.3) is 0 Å². The number of aromatic hydroxyl groups is 1. The van der Waals surface area contributed by atoms with Crippen LogP contribution in [0.4, 0.5) is 0 Å². The van der Waals surface area contributed by atoms with E-state index in [1.165, 1.54) is 6.07 Å². The van der Waals surface area contributed by atoms with Crippen molar-refractivity contribution in [2.75, 3.05) is 19.7 Å². The monoisotopic (exact) mass is 366 g/mol. The number of amides is 2. The molecule has 6 heteroatoms. The van der Waals surface area contributed by atoms with Gasteiger partial charge in [-0.25, -0.2) is 0 Å². The van der Waals surface area contributed by atoms with Gasteiger partial charge in [0, 0.05) is 18.7 Å². The number of ether oxygens (including phenoxy) is 1. The number of morpholine rings is 1. The Bertz CT molecular complexity index is 883. The van der Waals surface area contributed by atoms with Gasteiger partial charge < -0.3 is 20.1 Å². The Balaban J connectivity index is 1.61. The van der Waals surface area contributed by atoms with Crippen LogP contribution < -0.4 is 5.32 Å². The highest BCUT2D eigenvalue weighted by molar-refractivity contribution is 5.95. The molecule has 6 nitrogen and oxygen atoms in total. The van der Waals surface area contributed by atoms with Crippen LogP contribution in [0.1, 0.15) is 27.9 Å². The number of likely N-dealkylation sites (tertiary alicyclic amines) is 1. The summed E-state index contributed by atoms with van der Waals surface area (Å²) in [6, 6.07) is 14.7. The zero-order valence-corrected chi connectivity index (χ0v) is 15.1. The number of nitrogens with zero attached hydrogens (tertiary/aromatic N) is 1. The van der Waals surface area contributed by atoms with Crippen molar-refractivity contribution in [1.29, 1.82) is 0 Å². The lowest BCUT2D eigenvalue weighted by Gasteiger charge is -2.50. The van der Waals surface area contributed by atoms with E-state index in [-0.39, 0.29) is 30.3 Å². The van der Waals surface area contributed by atoms with Crippen molar-refractivity contribution in [3.05, 3.63) is 65.2 Å². The molecule has 4 rings (SSSR count). The maximum atomic E-state index is 12.9. The molecule has 0 radical (unpaired) electrons. The van der Waals surface area contributed by atoms with Crippen LogP contribution in [0, 0.1) is 6.92 Å². The Morgan fingerprint density at radius 2 is 2.04 bits per heavy atom. The second-order valence-corrected chi connectivity index (χ2v) is 7.19. The van der Waals surface area contributed by atoms with E-state index in [9.17, 15) is 14.7 Å². The van der Waals surface area contributed by atoms with Crippen LogP contribution in [0.15, 0.2) is 48.5 Å². The van der Waals surface area contributed by atoms with Crippen LogP contribution in [-0.4, -0.2) is 47.6 Å². The zero-order valence-electron chi connectivity index (χ0n) is 15.1. The molecule has 140 valence electrons. The standard InChI is InChI=1S/C21H22N2O4/c1-14-7-8-15(11-17(14)24)20(26)23-10-9-21(16-5-3-2-4-6-16)18(12-23)27-13-19(25)22-21/h2-8,11,18,24H,9-10,12-13H2,1H3,(H,22,25)/t18-,21+/m1/s1. The van der Waals surface area contributed by atoms with E-state index in [0.717, 1.165) is 11.1 Å². The van der Waals surface area contributed by atoms with Gasteiger partial charge in [-0.3, -0.25) is 9.59 Å². The Kier molecular flexibility index (Phi) is 4.36. The molecule has 2 fully saturated rings. The van der Waals surface area contributed by atoms with Crippen LogP contribution in [0.5, 0.6) is 5.75 Å². The highest BCUT2D eigenvalue weighted by Crippen LogP contribution is 2.37. The van der Waals surface area contributed by atoms with Crippen molar-refractivity contribution in [2.24, 2.45) is 0 Å². The first-order valence-corrected chi connectivity index (χ1v) is 9.07. The molecule has 2 aliphatic rings. The SMILES string of the molecule is Cc1ccc(C(=O)N2CC[C@@]3(c4ccccc4)NC(=O)CO[C@@H]3C2)cc1O. The van der Waals surface area contributed by atoms with Gasteiger partial charge in [-0.05, 0) is 36.6 Å². The quantitative estimate of drug-likeness (QED) is 0.852. The summed E-state index contributed by atoms with van der Waals surface area (Å²) in [7, 11) is 0. The molecule has 2 aromatic rings.